The molecule has 13 rings (SSSR count). The number of rotatable bonds is 10. The Morgan fingerprint density at radius 2 is 0.680 bits per heavy atom. The molecule has 0 saturated carbocycles. The molecule has 1 aliphatic heterocycles. The van der Waals surface area contributed by atoms with Crippen molar-refractivity contribution in [3.63, 3.8) is 0 Å². The molecule has 75 heavy (non-hydrogen) atoms. The predicted molar refractivity (Wildman–Crippen MR) is 324 cm³/mol. The third-order valence-electron chi connectivity index (χ3n) is 15.5. The van der Waals surface area contributed by atoms with Gasteiger partial charge in [0, 0.05) is 60.6 Å². The van der Waals surface area contributed by atoms with Gasteiger partial charge < -0.3 is 9.47 Å². The molecule has 12 aromatic rings. The van der Waals surface area contributed by atoms with Crippen LogP contribution in [0, 0.1) is 0 Å². The second-order valence-electron chi connectivity index (χ2n) is 20.4. The molecule has 0 fully saturated rings. The van der Waals surface area contributed by atoms with Crippen molar-refractivity contribution in [2.24, 2.45) is 0 Å². The summed E-state index contributed by atoms with van der Waals surface area (Å²) in [4.78, 5) is 2.51. The molecule has 2 heterocycles. The van der Waals surface area contributed by atoms with Gasteiger partial charge in [0.05, 0.1) is 0 Å². The van der Waals surface area contributed by atoms with Crippen molar-refractivity contribution >= 4 is 65.0 Å². The van der Waals surface area contributed by atoms with Crippen molar-refractivity contribution in [1.82, 2.24) is 4.57 Å². The fourth-order valence-electron chi connectivity index (χ4n) is 11.5. The molecule has 4 heteroatoms. The normalized spacial score (nSPS) is 12.7. The summed E-state index contributed by atoms with van der Waals surface area (Å²) in [7, 11) is 0. The zero-order valence-electron chi connectivity index (χ0n) is 41.8. The van der Waals surface area contributed by atoms with E-state index in [4.69, 9.17) is 0 Å². The average Bonchev–Trinajstić information content (AvgIpc) is 3.80. The molecule has 0 amide bonds. The highest BCUT2D eigenvalue weighted by molar-refractivity contribution is 9.10. The minimum atomic E-state index is -0.256. The highest BCUT2D eigenvalue weighted by Gasteiger charge is 2.37. The van der Waals surface area contributed by atoms with Gasteiger partial charge in [-0.25, -0.2) is 0 Å². The molecule has 11 aromatic carbocycles. The van der Waals surface area contributed by atoms with Crippen molar-refractivity contribution < 1.29 is 0 Å². The van der Waals surface area contributed by atoms with Crippen LogP contribution in [0.1, 0.15) is 36.1 Å². The minimum Gasteiger partial charge on any atom is -0.336 e. The zero-order chi connectivity index (χ0) is 50.6. The lowest BCUT2D eigenvalue weighted by molar-refractivity contribution is 0.624. The predicted octanol–water partition coefficient (Wildman–Crippen LogP) is 20.3. The summed E-state index contributed by atoms with van der Waals surface area (Å²) >= 11 is 7.93. The third-order valence-corrected chi connectivity index (χ3v) is 17.0. The Morgan fingerprint density at radius 3 is 1.16 bits per heavy atom. The van der Waals surface area contributed by atoms with Crippen molar-refractivity contribution in [3.05, 3.63) is 286 Å². The molecule has 0 bridgehead atoms. The van der Waals surface area contributed by atoms with Crippen LogP contribution in [0.2, 0.25) is 0 Å². The lowest BCUT2D eigenvalue weighted by Gasteiger charge is -2.42. The number of anilines is 2. The lowest BCUT2D eigenvalue weighted by atomic mass is 9.72. The first-order chi connectivity index (χ1) is 36.7. The maximum Gasteiger partial charge on any atom is 0.0494 e. The van der Waals surface area contributed by atoms with Gasteiger partial charge in [0.2, 0.25) is 0 Å². The summed E-state index contributed by atoms with van der Waals surface area (Å²) in [5.41, 5.74) is 24.3. The maximum absolute atomic E-state index is 4.06. The Kier molecular flexibility index (Phi) is 12.1. The van der Waals surface area contributed by atoms with Gasteiger partial charge in [-0.3, -0.25) is 0 Å². The van der Waals surface area contributed by atoms with E-state index < -0.39 is 0 Å². The number of aromatic nitrogens is 1. The summed E-state index contributed by atoms with van der Waals surface area (Å²) in [5.74, 6) is 0. The summed E-state index contributed by atoms with van der Waals surface area (Å²) in [5, 5.41) is 2.52. The van der Waals surface area contributed by atoms with Gasteiger partial charge in [-0.2, -0.15) is 0 Å². The first-order valence-electron chi connectivity index (χ1n) is 25.8. The van der Waals surface area contributed by atoms with Gasteiger partial charge in [-0.15, -0.1) is 0 Å². The van der Waals surface area contributed by atoms with E-state index in [1.165, 1.54) is 122 Å². The van der Waals surface area contributed by atoms with E-state index in [2.05, 4.69) is 310 Å². The minimum absolute atomic E-state index is 0.256. The Morgan fingerprint density at radius 1 is 0.307 bits per heavy atom. The number of hydrogen-bond acceptors (Lipinski definition) is 1. The number of benzene rings is 11. The van der Waals surface area contributed by atoms with Crippen LogP contribution < -0.4 is 4.90 Å². The molecule has 360 valence electrons. The quantitative estimate of drug-likeness (QED) is 0.132. The van der Waals surface area contributed by atoms with Gasteiger partial charge in [-0.1, -0.05) is 228 Å². The molecule has 2 nitrogen and oxygen atoms in total. The molecule has 0 atom stereocenters. The highest BCUT2D eigenvalue weighted by atomic mass is 79.9. The topological polar surface area (TPSA) is 8.17 Å². The number of fused-ring (bicyclic) bond motifs is 5. The van der Waals surface area contributed by atoms with Crippen LogP contribution in [0.25, 0.3) is 88.6 Å². The summed E-state index contributed by atoms with van der Waals surface area (Å²) in [6.45, 7) is 6.26. The Bertz CT molecular complexity index is 4020. The van der Waals surface area contributed by atoms with Gasteiger partial charge in [-0.05, 0) is 162 Å². The van der Waals surface area contributed by atoms with E-state index in [1.807, 2.05) is 0 Å². The van der Waals surface area contributed by atoms with E-state index in [0.29, 0.717) is 0 Å². The highest BCUT2D eigenvalue weighted by Crippen LogP contribution is 2.52. The first-order valence-corrected chi connectivity index (χ1v) is 27.3. The molecule has 0 spiro atoms. The molecule has 1 aliphatic rings. The molecular weight excluding hydrogens is 1040 g/mol. The van der Waals surface area contributed by atoms with Crippen LogP contribution >= 0.6 is 31.9 Å². The van der Waals surface area contributed by atoms with Crippen LogP contribution in [-0.2, 0) is 18.5 Å². The van der Waals surface area contributed by atoms with Crippen LogP contribution in [0.5, 0.6) is 0 Å². The van der Waals surface area contributed by atoms with Gasteiger partial charge in [0.25, 0.3) is 0 Å². The molecule has 0 N–H and O–H groups in total. The second-order valence-corrected chi connectivity index (χ2v) is 22.1. The van der Waals surface area contributed by atoms with Crippen LogP contribution in [-0.4, -0.2) is 4.57 Å². The average molecular weight is 1090 g/mol. The Labute approximate surface area is 456 Å². The Balaban J connectivity index is 0.816. The smallest absolute Gasteiger partial charge is 0.0494 e. The summed E-state index contributed by atoms with van der Waals surface area (Å²) < 4.78 is 4.69. The monoisotopic (exact) mass is 1090 g/mol. The lowest BCUT2D eigenvalue weighted by Crippen LogP contribution is -2.33. The van der Waals surface area contributed by atoms with Gasteiger partial charge in [0.15, 0.2) is 0 Å². The second kappa shape index (κ2) is 19.4. The van der Waals surface area contributed by atoms with Crippen molar-refractivity contribution in [1.29, 1.82) is 0 Å². The maximum atomic E-state index is 4.06. The molecular formula is C71H52Br2N2. The van der Waals surface area contributed by atoms with Crippen LogP contribution in [0.15, 0.2) is 264 Å². The fourth-order valence-corrected chi connectivity index (χ4v) is 12.4. The molecule has 1 aromatic heterocycles. The first kappa shape index (κ1) is 46.7. The van der Waals surface area contributed by atoms with E-state index in [1.54, 1.807) is 0 Å². The van der Waals surface area contributed by atoms with Crippen LogP contribution in [0.3, 0.4) is 0 Å². The van der Waals surface area contributed by atoms with E-state index in [0.717, 1.165) is 22.0 Å². The fraction of sp³-hybridized carbons (Fsp3) is 0.0704. The summed E-state index contributed by atoms with van der Waals surface area (Å²) in [6, 6.07) is 93.6. The third kappa shape index (κ3) is 8.72. The van der Waals surface area contributed by atoms with Gasteiger partial charge in [0.1, 0.15) is 0 Å². The van der Waals surface area contributed by atoms with E-state index >= 15 is 0 Å². The number of hydrogen-bond donors (Lipinski definition) is 0. The largest absolute Gasteiger partial charge is 0.336 e. The van der Waals surface area contributed by atoms with E-state index in [9.17, 15) is 0 Å². The van der Waals surface area contributed by atoms with Crippen molar-refractivity contribution in [3.8, 4) is 66.8 Å². The molecule has 0 unspecified atom stereocenters. The van der Waals surface area contributed by atoms with Crippen LogP contribution in [0.4, 0.5) is 11.4 Å². The molecule has 0 saturated heterocycles. The molecule has 0 aliphatic carbocycles. The van der Waals surface area contributed by atoms with Gasteiger partial charge >= 0.3 is 0 Å². The Hall–Kier alpha value is -8.02. The standard InChI is InChI=1S/C71H52Br2N2/c1-71(2)63-42-56(49-20-10-5-11-21-49)32-36-69(63)75(45-59-22-12-13-27-65(59)72)70-37-33-57(43-64(70)71)52-25-14-23-50(38-52)51-24-15-26-53(39-51)58-28-29-60(66(73)44-58)46-74-67-34-30-54(47-16-6-3-7-17-47)40-61(67)62-41-55(31-35-68(62)74)48-18-8-4-9-19-48/h3-44H,45-46H2,1-2H3. The molecule has 0 radical (unpaired) electrons. The van der Waals surface area contributed by atoms with E-state index in [-0.39, 0.29) is 5.41 Å². The summed E-state index contributed by atoms with van der Waals surface area (Å²) in [6.07, 6.45) is 0. The zero-order valence-corrected chi connectivity index (χ0v) is 45.0. The number of halogens is 2. The van der Waals surface area contributed by atoms with Crippen molar-refractivity contribution in [2.45, 2.75) is 32.4 Å². The van der Waals surface area contributed by atoms with Crippen molar-refractivity contribution in [2.75, 3.05) is 4.90 Å². The SMILES string of the molecule is CC1(C)c2cc(-c3ccccc3)ccc2N(Cc2ccccc2Br)c2ccc(-c3cccc(-c4cccc(-c5ccc(Cn6c7ccc(-c8ccccc8)cc7c7cc(-c8ccccc8)ccc76)c(Br)c5)c4)c3)cc21. The number of nitrogens with zero attached hydrogens (tertiary/aromatic N) is 2.